The van der Waals surface area contributed by atoms with E-state index in [1.165, 1.54) is 27.4 Å². The molecule has 56 heavy (non-hydrogen) atoms. The third-order valence-corrected chi connectivity index (χ3v) is 10.8. The highest BCUT2D eigenvalue weighted by Crippen LogP contribution is 2.40. The van der Waals surface area contributed by atoms with Crippen molar-refractivity contribution < 1.29 is 0 Å². The lowest BCUT2D eigenvalue weighted by molar-refractivity contribution is 1.16. The van der Waals surface area contributed by atoms with Crippen LogP contribution in [0.25, 0.3) is 100 Å². The summed E-state index contributed by atoms with van der Waals surface area (Å²) in [6.07, 6.45) is 1.88. The average molecular weight is 716 g/mol. The van der Waals surface area contributed by atoms with Gasteiger partial charge < -0.3 is 9.13 Å². The summed E-state index contributed by atoms with van der Waals surface area (Å²) in [5.41, 5.74) is 14.8. The van der Waals surface area contributed by atoms with Crippen LogP contribution in [0.2, 0.25) is 0 Å². The molecule has 4 heterocycles. The van der Waals surface area contributed by atoms with Gasteiger partial charge in [0.2, 0.25) is 0 Å². The van der Waals surface area contributed by atoms with E-state index in [0.717, 1.165) is 67.0 Å². The molecule has 0 aliphatic heterocycles. The summed E-state index contributed by atoms with van der Waals surface area (Å²) in [5.74, 6) is 0.685. The van der Waals surface area contributed by atoms with Crippen molar-refractivity contribution >= 4 is 43.7 Å². The molecule has 0 aliphatic rings. The number of benzene rings is 7. The predicted molar refractivity (Wildman–Crippen MR) is 230 cm³/mol. The molecule has 11 aromatic rings. The van der Waals surface area contributed by atoms with Gasteiger partial charge in [-0.3, -0.25) is 4.98 Å². The van der Waals surface area contributed by atoms with Crippen LogP contribution in [0.5, 0.6) is 0 Å². The summed E-state index contributed by atoms with van der Waals surface area (Å²) in [6, 6.07) is 68.3. The Hall–Kier alpha value is -7.63. The average Bonchev–Trinajstić information content (AvgIpc) is 3.80. The number of aromatic nitrogens is 5. The topological polar surface area (TPSA) is 48.5 Å². The van der Waals surface area contributed by atoms with Crippen molar-refractivity contribution in [1.82, 2.24) is 24.1 Å². The predicted octanol–water partition coefficient (Wildman–Crippen LogP) is 12.7. The molecule has 0 N–H and O–H groups in total. The fourth-order valence-electron chi connectivity index (χ4n) is 8.22. The number of fused-ring (bicyclic) bond motifs is 6. The smallest absolute Gasteiger partial charge is 0.160 e. The zero-order valence-electron chi connectivity index (χ0n) is 30.3. The van der Waals surface area contributed by atoms with Gasteiger partial charge in [0, 0.05) is 56.0 Å². The van der Waals surface area contributed by atoms with Crippen LogP contribution in [0.1, 0.15) is 0 Å². The Labute approximate surface area is 323 Å². The summed E-state index contributed by atoms with van der Waals surface area (Å²) in [4.78, 5) is 15.0. The van der Waals surface area contributed by atoms with Gasteiger partial charge in [-0.15, -0.1) is 0 Å². The summed E-state index contributed by atoms with van der Waals surface area (Å²) in [6.45, 7) is 0. The standard InChI is InChI=1S/C51H33N5/c1-4-14-34(15-5-1)44-33-45(35-16-6-2-7-17-35)54-51(53-44)36-25-28-39(29-26-36)55-47-24-13-31-52-49(47)43-30-27-37(32-48(43)55)40-21-12-22-42-41-20-10-11-23-46(41)56(50(40)42)38-18-8-3-9-19-38/h1-33H. The molecule has 0 saturated heterocycles. The maximum absolute atomic E-state index is 5.08. The maximum atomic E-state index is 5.08. The van der Waals surface area contributed by atoms with Gasteiger partial charge in [0.15, 0.2) is 5.82 Å². The van der Waals surface area contributed by atoms with E-state index in [-0.39, 0.29) is 0 Å². The van der Waals surface area contributed by atoms with Crippen molar-refractivity contribution in [2.24, 2.45) is 0 Å². The van der Waals surface area contributed by atoms with Gasteiger partial charge in [0.25, 0.3) is 0 Å². The molecule has 0 spiro atoms. The molecule has 0 unspecified atom stereocenters. The third-order valence-electron chi connectivity index (χ3n) is 10.8. The molecule has 0 amide bonds. The van der Waals surface area contributed by atoms with E-state index in [1.807, 2.05) is 48.7 Å². The van der Waals surface area contributed by atoms with Crippen molar-refractivity contribution in [2.45, 2.75) is 0 Å². The molecule has 0 aliphatic carbocycles. The molecule has 0 saturated carbocycles. The second-order valence-corrected chi connectivity index (χ2v) is 14.1. The number of nitrogens with zero attached hydrogens (tertiary/aromatic N) is 5. The van der Waals surface area contributed by atoms with Crippen molar-refractivity contribution in [3.63, 3.8) is 0 Å². The van der Waals surface area contributed by atoms with Gasteiger partial charge in [0.1, 0.15) is 0 Å². The Balaban J connectivity index is 1.08. The monoisotopic (exact) mass is 715 g/mol. The molecular weight excluding hydrogens is 683 g/mol. The Bertz CT molecular complexity index is 3160. The number of pyridine rings is 1. The summed E-state index contributed by atoms with van der Waals surface area (Å²) < 4.78 is 4.73. The first-order valence-electron chi connectivity index (χ1n) is 18.9. The SMILES string of the molecule is c1ccc(-c2cc(-c3ccccc3)nc(-c3ccc(-n4c5cc(-c6cccc7c8ccccc8n(-c8ccccc8)c67)ccc5c5ncccc54)cc3)n2)cc1. The lowest BCUT2D eigenvalue weighted by atomic mass is 10.0. The lowest BCUT2D eigenvalue weighted by Gasteiger charge is -2.13. The van der Waals surface area contributed by atoms with Crippen LogP contribution in [0, 0.1) is 0 Å². The van der Waals surface area contributed by atoms with Crippen molar-refractivity contribution in [2.75, 3.05) is 0 Å². The Kier molecular flexibility index (Phi) is 7.42. The fourth-order valence-corrected chi connectivity index (χ4v) is 8.22. The molecule has 0 radical (unpaired) electrons. The Morgan fingerprint density at radius 2 is 0.964 bits per heavy atom. The highest BCUT2D eigenvalue weighted by molar-refractivity contribution is 6.15. The second kappa shape index (κ2) is 13.0. The lowest BCUT2D eigenvalue weighted by Crippen LogP contribution is -1.97. The van der Waals surface area contributed by atoms with Crippen LogP contribution in [0.4, 0.5) is 0 Å². The molecule has 0 bridgehead atoms. The van der Waals surface area contributed by atoms with E-state index in [2.05, 4.69) is 161 Å². The van der Waals surface area contributed by atoms with Gasteiger partial charge in [-0.2, -0.15) is 0 Å². The molecule has 4 aromatic heterocycles. The number of rotatable bonds is 6. The number of hydrogen-bond acceptors (Lipinski definition) is 3. The minimum atomic E-state index is 0.685. The van der Waals surface area contributed by atoms with Gasteiger partial charge in [-0.25, -0.2) is 9.97 Å². The number of hydrogen-bond donors (Lipinski definition) is 0. The first-order chi connectivity index (χ1) is 27.8. The van der Waals surface area contributed by atoms with Crippen LogP contribution in [-0.4, -0.2) is 24.1 Å². The normalized spacial score (nSPS) is 11.6. The molecule has 0 atom stereocenters. The van der Waals surface area contributed by atoms with Gasteiger partial charge in [0.05, 0.1) is 39.0 Å². The van der Waals surface area contributed by atoms with E-state index in [4.69, 9.17) is 15.0 Å². The Morgan fingerprint density at radius 3 is 1.70 bits per heavy atom. The fraction of sp³-hybridized carbons (Fsp3) is 0. The molecule has 5 nitrogen and oxygen atoms in total. The highest BCUT2D eigenvalue weighted by atomic mass is 15.0. The molecule has 11 rings (SSSR count). The van der Waals surface area contributed by atoms with Crippen LogP contribution in [0.3, 0.4) is 0 Å². The highest BCUT2D eigenvalue weighted by Gasteiger charge is 2.19. The second-order valence-electron chi connectivity index (χ2n) is 14.1. The van der Waals surface area contributed by atoms with E-state index in [1.54, 1.807) is 0 Å². The van der Waals surface area contributed by atoms with E-state index in [0.29, 0.717) is 5.82 Å². The van der Waals surface area contributed by atoms with E-state index in [9.17, 15) is 0 Å². The van der Waals surface area contributed by atoms with E-state index >= 15 is 0 Å². The van der Waals surface area contributed by atoms with Crippen LogP contribution >= 0.6 is 0 Å². The molecule has 262 valence electrons. The van der Waals surface area contributed by atoms with E-state index < -0.39 is 0 Å². The van der Waals surface area contributed by atoms with Crippen molar-refractivity contribution in [3.8, 4) is 56.4 Å². The minimum Gasteiger partial charge on any atom is -0.309 e. The van der Waals surface area contributed by atoms with Gasteiger partial charge in [-0.1, -0.05) is 121 Å². The maximum Gasteiger partial charge on any atom is 0.160 e. The first kappa shape index (κ1) is 31.9. The largest absolute Gasteiger partial charge is 0.309 e. The zero-order chi connectivity index (χ0) is 37.0. The molecule has 7 aromatic carbocycles. The summed E-state index contributed by atoms with van der Waals surface area (Å²) in [7, 11) is 0. The molecular formula is C51H33N5. The van der Waals surface area contributed by atoms with Crippen LogP contribution in [-0.2, 0) is 0 Å². The molecule has 5 heteroatoms. The van der Waals surface area contributed by atoms with Gasteiger partial charge in [-0.05, 0) is 78.4 Å². The third kappa shape index (κ3) is 5.21. The van der Waals surface area contributed by atoms with Crippen molar-refractivity contribution in [1.29, 1.82) is 0 Å². The molecule has 0 fully saturated rings. The van der Waals surface area contributed by atoms with Crippen LogP contribution < -0.4 is 0 Å². The first-order valence-corrected chi connectivity index (χ1v) is 18.9. The van der Waals surface area contributed by atoms with Gasteiger partial charge >= 0.3 is 0 Å². The van der Waals surface area contributed by atoms with Crippen LogP contribution in [0.15, 0.2) is 200 Å². The zero-order valence-corrected chi connectivity index (χ0v) is 30.3. The Morgan fingerprint density at radius 1 is 0.357 bits per heavy atom. The quantitative estimate of drug-likeness (QED) is 0.172. The summed E-state index contributed by atoms with van der Waals surface area (Å²) in [5, 5.41) is 3.58. The van der Waals surface area contributed by atoms with Crippen molar-refractivity contribution in [3.05, 3.63) is 200 Å². The minimum absolute atomic E-state index is 0.685. The summed E-state index contributed by atoms with van der Waals surface area (Å²) >= 11 is 0. The number of para-hydroxylation sites is 3.